The van der Waals surface area contributed by atoms with Crippen molar-refractivity contribution in [2.45, 2.75) is 33.7 Å². The zero-order chi connectivity index (χ0) is 16.6. The molecule has 118 valence electrons. The van der Waals surface area contributed by atoms with Gasteiger partial charge in [0.2, 0.25) is 5.91 Å². The zero-order valence-corrected chi connectivity index (χ0v) is 13.9. The number of amides is 1. The summed E-state index contributed by atoms with van der Waals surface area (Å²) < 4.78 is 1.79. The fourth-order valence-corrected chi connectivity index (χ4v) is 2.95. The number of benzene rings is 2. The topological polar surface area (TPSA) is 46.9 Å². The van der Waals surface area contributed by atoms with E-state index in [1.165, 1.54) is 0 Å². The van der Waals surface area contributed by atoms with Gasteiger partial charge in [-0.2, -0.15) is 5.10 Å². The Labute approximate surface area is 136 Å². The maximum absolute atomic E-state index is 12.6. The van der Waals surface area contributed by atoms with E-state index in [1.807, 2.05) is 64.1 Å². The fraction of sp³-hybridized carbons (Fsp3) is 0.263. The number of aromatic nitrogens is 2. The van der Waals surface area contributed by atoms with E-state index in [1.54, 1.807) is 4.68 Å². The third-order valence-electron chi connectivity index (χ3n) is 4.03. The van der Waals surface area contributed by atoms with Crippen LogP contribution in [0.25, 0.3) is 10.9 Å². The average Bonchev–Trinajstić information content (AvgIpc) is 2.83. The molecule has 0 aliphatic heterocycles. The number of nitrogens with zero attached hydrogens (tertiary/aromatic N) is 2. The molecule has 0 aliphatic rings. The molecule has 0 bridgehead atoms. The molecule has 2 aromatic carbocycles. The number of carbonyl (C=O) groups excluding carboxylic acids is 1. The number of hydrogen-bond acceptors (Lipinski definition) is 2. The van der Waals surface area contributed by atoms with Crippen LogP contribution < -0.4 is 5.32 Å². The first-order valence-corrected chi connectivity index (χ1v) is 7.78. The monoisotopic (exact) mass is 307 g/mol. The number of aryl methyl sites for hydroxylation is 3. The lowest BCUT2D eigenvalue weighted by atomic mass is 10.1. The largest absolute Gasteiger partial charge is 0.324 e. The second-order valence-corrected chi connectivity index (χ2v) is 6.09. The smallest absolute Gasteiger partial charge is 0.248 e. The van der Waals surface area contributed by atoms with Crippen LogP contribution in [-0.4, -0.2) is 15.7 Å². The summed E-state index contributed by atoms with van der Waals surface area (Å²) in [7, 11) is 0. The van der Waals surface area contributed by atoms with Crippen molar-refractivity contribution in [3.63, 3.8) is 0 Å². The Kier molecular flexibility index (Phi) is 3.90. The Morgan fingerprint density at radius 1 is 1.09 bits per heavy atom. The van der Waals surface area contributed by atoms with Crippen LogP contribution in [0.3, 0.4) is 0 Å². The third-order valence-corrected chi connectivity index (χ3v) is 4.03. The van der Waals surface area contributed by atoms with E-state index in [0.717, 1.165) is 33.4 Å². The molecular weight excluding hydrogens is 286 g/mol. The van der Waals surface area contributed by atoms with Crippen molar-refractivity contribution in [1.82, 2.24) is 9.78 Å². The zero-order valence-electron chi connectivity index (χ0n) is 13.9. The standard InChI is InChI=1S/C19H21N3O/c1-12-9-13(2)11-16(10-12)20-19(23)15(4)22-18-8-6-5-7-17(18)14(3)21-22/h5-11,15H,1-4H3,(H,20,23)/t15-/m1/s1. The highest BCUT2D eigenvalue weighted by Crippen LogP contribution is 2.22. The minimum Gasteiger partial charge on any atom is -0.324 e. The van der Waals surface area contributed by atoms with E-state index in [0.29, 0.717) is 0 Å². The van der Waals surface area contributed by atoms with Crippen LogP contribution in [0.5, 0.6) is 0 Å². The molecule has 3 rings (SSSR count). The number of anilines is 1. The fourth-order valence-electron chi connectivity index (χ4n) is 2.95. The first-order chi connectivity index (χ1) is 11.0. The van der Waals surface area contributed by atoms with Gasteiger partial charge in [-0.05, 0) is 57.0 Å². The molecule has 0 aliphatic carbocycles. The molecule has 0 fully saturated rings. The Balaban J connectivity index is 1.89. The van der Waals surface area contributed by atoms with Gasteiger partial charge in [0.1, 0.15) is 6.04 Å². The lowest BCUT2D eigenvalue weighted by molar-refractivity contribution is -0.118. The van der Waals surface area contributed by atoms with Crippen LogP contribution in [0.4, 0.5) is 5.69 Å². The van der Waals surface area contributed by atoms with Crippen molar-refractivity contribution in [2.75, 3.05) is 5.32 Å². The minimum atomic E-state index is -0.380. The molecule has 0 unspecified atom stereocenters. The molecule has 4 heteroatoms. The van der Waals surface area contributed by atoms with Crippen molar-refractivity contribution in [3.05, 3.63) is 59.3 Å². The number of hydrogen-bond donors (Lipinski definition) is 1. The van der Waals surface area contributed by atoms with Gasteiger partial charge in [0, 0.05) is 11.1 Å². The Morgan fingerprint density at radius 2 is 1.74 bits per heavy atom. The van der Waals surface area contributed by atoms with E-state index in [-0.39, 0.29) is 11.9 Å². The lowest BCUT2D eigenvalue weighted by Gasteiger charge is -2.14. The predicted octanol–water partition coefficient (Wildman–Crippen LogP) is 4.16. The van der Waals surface area contributed by atoms with Crippen LogP contribution in [0, 0.1) is 20.8 Å². The van der Waals surface area contributed by atoms with E-state index in [9.17, 15) is 4.79 Å². The minimum absolute atomic E-state index is 0.0664. The van der Waals surface area contributed by atoms with E-state index < -0.39 is 0 Å². The molecule has 23 heavy (non-hydrogen) atoms. The number of nitrogens with one attached hydrogen (secondary N) is 1. The van der Waals surface area contributed by atoms with Gasteiger partial charge in [-0.3, -0.25) is 9.48 Å². The molecule has 0 saturated carbocycles. The molecule has 1 heterocycles. The van der Waals surface area contributed by atoms with Crippen molar-refractivity contribution >= 4 is 22.5 Å². The van der Waals surface area contributed by atoms with Crippen LogP contribution in [-0.2, 0) is 4.79 Å². The van der Waals surface area contributed by atoms with Crippen molar-refractivity contribution in [2.24, 2.45) is 0 Å². The molecule has 0 spiro atoms. The summed E-state index contributed by atoms with van der Waals surface area (Å²) in [4.78, 5) is 12.6. The first kappa shape index (κ1) is 15.3. The summed E-state index contributed by atoms with van der Waals surface area (Å²) >= 11 is 0. The molecule has 1 aromatic heterocycles. The van der Waals surface area contributed by atoms with Crippen LogP contribution in [0.2, 0.25) is 0 Å². The average molecular weight is 307 g/mol. The van der Waals surface area contributed by atoms with Crippen LogP contribution >= 0.6 is 0 Å². The van der Waals surface area contributed by atoms with E-state index in [2.05, 4.69) is 16.5 Å². The predicted molar refractivity (Wildman–Crippen MR) is 93.7 cm³/mol. The SMILES string of the molecule is Cc1cc(C)cc(NC(=O)[C@@H](C)n2nc(C)c3ccccc32)c1. The van der Waals surface area contributed by atoms with Crippen LogP contribution in [0.1, 0.15) is 29.8 Å². The normalized spacial score (nSPS) is 12.3. The molecule has 4 nitrogen and oxygen atoms in total. The maximum Gasteiger partial charge on any atom is 0.248 e. The maximum atomic E-state index is 12.6. The molecule has 0 radical (unpaired) electrons. The molecule has 3 aromatic rings. The second-order valence-electron chi connectivity index (χ2n) is 6.09. The first-order valence-electron chi connectivity index (χ1n) is 7.78. The summed E-state index contributed by atoms with van der Waals surface area (Å²) in [6, 6.07) is 13.6. The molecule has 1 amide bonds. The molecular formula is C19H21N3O. The summed E-state index contributed by atoms with van der Waals surface area (Å²) in [6.07, 6.45) is 0. The van der Waals surface area contributed by atoms with E-state index >= 15 is 0 Å². The van der Waals surface area contributed by atoms with Crippen molar-refractivity contribution < 1.29 is 4.79 Å². The molecule has 1 N–H and O–H groups in total. The van der Waals surface area contributed by atoms with E-state index in [4.69, 9.17) is 0 Å². The summed E-state index contributed by atoms with van der Waals surface area (Å²) in [5.41, 5.74) is 5.01. The van der Waals surface area contributed by atoms with Gasteiger partial charge in [0.25, 0.3) is 0 Å². The lowest BCUT2D eigenvalue weighted by Crippen LogP contribution is -2.24. The van der Waals surface area contributed by atoms with Gasteiger partial charge in [0.05, 0.1) is 11.2 Å². The van der Waals surface area contributed by atoms with Crippen molar-refractivity contribution in [3.8, 4) is 0 Å². The highest BCUT2D eigenvalue weighted by atomic mass is 16.2. The second kappa shape index (κ2) is 5.88. The summed E-state index contributed by atoms with van der Waals surface area (Å²) in [5, 5.41) is 8.62. The van der Waals surface area contributed by atoms with Crippen molar-refractivity contribution in [1.29, 1.82) is 0 Å². The van der Waals surface area contributed by atoms with Gasteiger partial charge in [-0.15, -0.1) is 0 Å². The van der Waals surface area contributed by atoms with Gasteiger partial charge >= 0.3 is 0 Å². The highest BCUT2D eigenvalue weighted by molar-refractivity contribution is 5.95. The third kappa shape index (κ3) is 2.97. The number of carbonyl (C=O) groups is 1. The Bertz CT molecular complexity index is 859. The highest BCUT2D eigenvalue weighted by Gasteiger charge is 2.19. The van der Waals surface area contributed by atoms with Crippen LogP contribution in [0.15, 0.2) is 42.5 Å². The molecule has 0 saturated heterocycles. The quantitative estimate of drug-likeness (QED) is 0.789. The van der Waals surface area contributed by atoms with Gasteiger partial charge in [0.15, 0.2) is 0 Å². The molecule has 1 atom stereocenters. The van der Waals surface area contributed by atoms with Gasteiger partial charge in [-0.25, -0.2) is 0 Å². The summed E-state index contributed by atoms with van der Waals surface area (Å²) in [6.45, 7) is 7.89. The Morgan fingerprint density at radius 3 is 2.43 bits per heavy atom. The number of para-hydroxylation sites is 1. The number of rotatable bonds is 3. The van der Waals surface area contributed by atoms with Gasteiger partial charge in [-0.1, -0.05) is 24.3 Å². The van der Waals surface area contributed by atoms with Gasteiger partial charge < -0.3 is 5.32 Å². The number of fused-ring (bicyclic) bond motifs is 1. The summed E-state index contributed by atoms with van der Waals surface area (Å²) in [5.74, 6) is -0.0664. The Hall–Kier alpha value is -2.62.